The molecule has 1 rings (SSSR count). The molecular formula is C10H11ClF2N2O2. The average Bonchev–Trinajstić information content (AvgIpc) is 2.28. The Balaban J connectivity index is 3.24. The number of pyridine rings is 1. The Morgan fingerprint density at radius 3 is 2.76 bits per heavy atom. The zero-order valence-electron chi connectivity index (χ0n) is 9.04. The van der Waals surface area contributed by atoms with Crippen LogP contribution in [0.15, 0.2) is 6.20 Å². The summed E-state index contributed by atoms with van der Waals surface area (Å²) in [6, 6.07) is 0. The van der Waals surface area contributed by atoms with Crippen LogP contribution in [0.2, 0.25) is 0 Å². The third-order valence-electron chi connectivity index (χ3n) is 2.10. The number of carbonyl (C=O) groups excluding carboxylic acids is 1. The minimum atomic E-state index is -2.74. The van der Waals surface area contributed by atoms with E-state index in [2.05, 4.69) is 4.98 Å². The van der Waals surface area contributed by atoms with E-state index in [0.717, 1.165) is 6.20 Å². The van der Waals surface area contributed by atoms with Crippen molar-refractivity contribution in [3.8, 4) is 0 Å². The predicted octanol–water partition coefficient (Wildman–Crippen LogP) is 2.52. The number of rotatable bonds is 4. The van der Waals surface area contributed by atoms with E-state index in [9.17, 15) is 13.6 Å². The van der Waals surface area contributed by atoms with Gasteiger partial charge in [-0.05, 0) is 6.92 Å². The molecule has 0 atom stereocenters. The van der Waals surface area contributed by atoms with Gasteiger partial charge in [0.1, 0.15) is 0 Å². The lowest BCUT2D eigenvalue weighted by atomic mass is 10.1. The summed E-state index contributed by atoms with van der Waals surface area (Å²) in [5.74, 6) is -0.974. The molecule has 4 nitrogen and oxygen atoms in total. The van der Waals surface area contributed by atoms with Gasteiger partial charge in [0, 0.05) is 17.3 Å². The van der Waals surface area contributed by atoms with Crippen LogP contribution in [0, 0.1) is 0 Å². The highest BCUT2D eigenvalue weighted by molar-refractivity contribution is 6.17. The number of alkyl halides is 3. The molecule has 1 heterocycles. The molecule has 1 aromatic rings. The van der Waals surface area contributed by atoms with Gasteiger partial charge in [-0.3, -0.25) is 0 Å². The number of esters is 1. The quantitative estimate of drug-likeness (QED) is 0.670. The number of hydrogen-bond donors (Lipinski definition) is 1. The first-order valence-electron chi connectivity index (χ1n) is 4.81. The summed E-state index contributed by atoms with van der Waals surface area (Å²) < 4.78 is 29.9. The molecule has 0 aliphatic carbocycles. The smallest absolute Gasteiger partial charge is 0.359 e. The first-order valence-corrected chi connectivity index (χ1v) is 5.34. The fraction of sp³-hybridized carbons (Fsp3) is 0.400. The van der Waals surface area contributed by atoms with Crippen molar-refractivity contribution in [2.24, 2.45) is 0 Å². The summed E-state index contributed by atoms with van der Waals surface area (Å²) in [7, 11) is 0. The highest BCUT2D eigenvalue weighted by atomic mass is 35.5. The molecule has 0 bridgehead atoms. The fourth-order valence-electron chi connectivity index (χ4n) is 1.28. The lowest BCUT2D eigenvalue weighted by Gasteiger charge is -2.12. The molecule has 94 valence electrons. The van der Waals surface area contributed by atoms with E-state index in [1.165, 1.54) is 0 Å². The summed E-state index contributed by atoms with van der Waals surface area (Å²) in [6.45, 7) is 1.76. The lowest BCUT2D eigenvalue weighted by Crippen LogP contribution is -2.13. The SMILES string of the molecule is CCOC(=O)c1ncc(C(F)F)c(CCl)c1N. The van der Waals surface area contributed by atoms with Crippen molar-refractivity contribution >= 4 is 23.3 Å². The first-order chi connectivity index (χ1) is 8.02. The van der Waals surface area contributed by atoms with Crippen LogP contribution in [0.1, 0.15) is 35.0 Å². The number of nitrogen functional groups attached to an aromatic ring is 1. The Hall–Kier alpha value is -1.43. The van der Waals surface area contributed by atoms with Crippen molar-refractivity contribution in [3.05, 3.63) is 23.0 Å². The molecule has 0 aliphatic heterocycles. The molecule has 1 aromatic heterocycles. The Labute approximate surface area is 102 Å². The summed E-state index contributed by atoms with van der Waals surface area (Å²) in [6.07, 6.45) is -1.85. The first kappa shape index (κ1) is 13.6. The summed E-state index contributed by atoms with van der Waals surface area (Å²) >= 11 is 5.54. The van der Waals surface area contributed by atoms with Gasteiger partial charge in [-0.1, -0.05) is 0 Å². The van der Waals surface area contributed by atoms with E-state index < -0.39 is 12.4 Å². The molecule has 0 aromatic carbocycles. The number of aromatic nitrogens is 1. The molecule has 17 heavy (non-hydrogen) atoms. The third-order valence-corrected chi connectivity index (χ3v) is 2.37. The molecule has 0 saturated heterocycles. The van der Waals surface area contributed by atoms with Crippen LogP contribution in [0.3, 0.4) is 0 Å². The third kappa shape index (κ3) is 2.82. The lowest BCUT2D eigenvalue weighted by molar-refractivity contribution is 0.0520. The normalized spacial score (nSPS) is 10.6. The van der Waals surface area contributed by atoms with Gasteiger partial charge >= 0.3 is 5.97 Å². The molecule has 0 fully saturated rings. The van der Waals surface area contributed by atoms with Crippen LogP contribution in [-0.4, -0.2) is 17.6 Å². The van der Waals surface area contributed by atoms with Crippen molar-refractivity contribution in [3.63, 3.8) is 0 Å². The number of ether oxygens (including phenoxy) is 1. The van der Waals surface area contributed by atoms with Crippen LogP contribution in [-0.2, 0) is 10.6 Å². The van der Waals surface area contributed by atoms with Crippen molar-refractivity contribution in [2.75, 3.05) is 12.3 Å². The van der Waals surface area contributed by atoms with Crippen LogP contribution in [0.5, 0.6) is 0 Å². The van der Waals surface area contributed by atoms with Crippen LogP contribution >= 0.6 is 11.6 Å². The van der Waals surface area contributed by atoms with Gasteiger partial charge in [-0.2, -0.15) is 0 Å². The molecular weight excluding hydrogens is 254 g/mol. The summed E-state index contributed by atoms with van der Waals surface area (Å²) in [5, 5.41) is 0. The maximum Gasteiger partial charge on any atom is 0.359 e. The largest absolute Gasteiger partial charge is 0.461 e. The van der Waals surface area contributed by atoms with Crippen LogP contribution in [0.25, 0.3) is 0 Å². The molecule has 0 unspecified atom stereocenters. The van der Waals surface area contributed by atoms with E-state index in [1.54, 1.807) is 6.92 Å². The Morgan fingerprint density at radius 1 is 1.65 bits per heavy atom. The molecule has 0 radical (unpaired) electrons. The van der Waals surface area contributed by atoms with Crippen LogP contribution in [0.4, 0.5) is 14.5 Å². The molecule has 0 saturated carbocycles. The Bertz CT molecular complexity index is 427. The van der Waals surface area contributed by atoms with Gasteiger partial charge in [-0.25, -0.2) is 18.6 Å². The Morgan fingerprint density at radius 2 is 2.29 bits per heavy atom. The van der Waals surface area contributed by atoms with Crippen molar-refractivity contribution in [1.82, 2.24) is 4.98 Å². The fourth-order valence-corrected chi connectivity index (χ4v) is 1.58. The number of carbonyl (C=O) groups is 1. The van der Waals surface area contributed by atoms with Gasteiger partial charge in [0.15, 0.2) is 5.69 Å². The maximum atomic E-state index is 12.6. The summed E-state index contributed by atoms with van der Waals surface area (Å²) in [4.78, 5) is 15.0. The summed E-state index contributed by atoms with van der Waals surface area (Å²) in [5.41, 5.74) is 4.88. The van der Waals surface area contributed by atoms with E-state index in [-0.39, 0.29) is 35.0 Å². The second-order valence-corrected chi connectivity index (χ2v) is 3.38. The van der Waals surface area contributed by atoms with Gasteiger partial charge in [-0.15, -0.1) is 11.6 Å². The van der Waals surface area contributed by atoms with Crippen molar-refractivity contribution in [1.29, 1.82) is 0 Å². The maximum absolute atomic E-state index is 12.6. The topological polar surface area (TPSA) is 65.2 Å². The average molecular weight is 265 g/mol. The minimum Gasteiger partial charge on any atom is -0.461 e. The zero-order valence-corrected chi connectivity index (χ0v) is 9.80. The minimum absolute atomic E-state index is 0.0136. The second-order valence-electron chi connectivity index (χ2n) is 3.11. The van der Waals surface area contributed by atoms with E-state index in [1.807, 2.05) is 0 Å². The highest BCUT2D eigenvalue weighted by Crippen LogP contribution is 2.29. The number of nitrogens with two attached hydrogens (primary N) is 1. The standard InChI is InChI=1S/C10H11ClF2N2O2/c1-2-17-10(16)8-7(14)5(3-11)6(4-15-8)9(12)13/h4,9H,2-3,14H2,1H3. The number of nitrogens with zero attached hydrogens (tertiary/aromatic N) is 1. The second kappa shape index (κ2) is 5.77. The van der Waals surface area contributed by atoms with Gasteiger partial charge in [0.25, 0.3) is 6.43 Å². The molecule has 0 spiro atoms. The number of halogens is 3. The zero-order chi connectivity index (χ0) is 13.0. The van der Waals surface area contributed by atoms with Gasteiger partial charge in [0.2, 0.25) is 0 Å². The van der Waals surface area contributed by atoms with E-state index >= 15 is 0 Å². The van der Waals surface area contributed by atoms with Gasteiger partial charge in [0.05, 0.1) is 18.2 Å². The van der Waals surface area contributed by atoms with Gasteiger partial charge < -0.3 is 10.5 Å². The van der Waals surface area contributed by atoms with Crippen molar-refractivity contribution < 1.29 is 18.3 Å². The predicted molar refractivity (Wildman–Crippen MR) is 59.1 cm³/mol. The van der Waals surface area contributed by atoms with Crippen molar-refractivity contribution in [2.45, 2.75) is 19.2 Å². The number of hydrogen-bond acceptors (Lipinski definition) is 4. The van der Waals surface area contributed by atoms with E-state index in [4.69, 9.17) is 22.1 Å². The molecule has 2 N–H and O–H groups in total. The molecule has 0 amide bonds. The monoisotopic (exact) mass is 264 g/mol. The molecule has 7 heteroatoms. The Kier molecular flexibility index (Phi) is 4.62. The number of anilines is 1. The van der Waals surface area contributed by atoms with Crippen LogP contribution < -0.4 is 5.73 Å². The van der Waals surface area contributed by atoms with E-state index in [0.29, 0.717) is 0 Å². The molecule has 0 aliphatic rings. The highest BCUT2D eigenvalue weighted by Gasteiger charge is 2.22.